The van der Waals surface area contributed by atoms with Crippen molar-refractivity contribution in [2.75, 3.05) is 26.2 Å². The highest BCUT2D eigenvalue weighted by Crippen LogP contribution is 2.41. The van der Waals surface area contributed by atoms with Crippen LogP contribution in [0.3, 0.4) is 0 Å². The number of likely N-dealkylation sites (N-methyl/N-ethyl adjacent to an activating group) is 1. The Labute approximate surface area is 163 Å². The molecule has 0 aliphatic carbocycles. The summed E-state index contributed by atoms with van der Waals surface area (Å²) in [5.74, 6) is 1.06. The van der Waals surface area contributed by atoms with Gasteiger partial charge in [-0.2, -0.15) is 0 Å². The SMILES string of the molecule is CCN(CC)CCOc1cc(C(C)(C)C)c(C(C)(C)C)cc1C(C)(C)C. The lowest BCUT2D eigenvalue weighted by Crippen LogP contribution is -2.29. The van der Waals surface area contributed by atoms with Crippen molar-refractivity contribution in [3.05, 3.63) is 28.8 Å². The molecule has 0 unspecified atom stereocenters. The highest BCUT2D eigenvalue weighted by molar-refractivity contribution is 5.50. The van der Waals surface area contributed by atoms with Crippen LogP contribution in [0.5, 0.6) is 5.75 Å². The molecule has 2 nitrogen and oxygen atoms in total. The van der Waals surface area contributed by atoms with E-state index in [0.29, 0.717) is 0 Å². The number of ether oxygens (including phenoxy) is 1. The molecule has 0 radical (unpaired) electrons. The molecule has 0 atom stereocenters. The molecule has 1 rings (SSSR count). The van der Waals surface area contributed by atoms with E-state index in [1.54, 1.807) is 0 Å². The van der Waals surface area contributed by atoms with Gasteiger partial charge in [-0.1, -0.05) is 82.2 Å². The summed E-state index contributed by atoms with van der Waals surface area (Å²) in [6, 6.07) is 4.73. The molecule has 0 spiro atoms. The van der Waals surface area contributed by atoms with Crippen LogP contribution in [0.1, 0.15) is 92.9 Å². The number of hydrogen-bond acceptors (Lipinski definition) is 2. The molecule has 0 aliphatic rings. The topological polar surface area (TPSA) is 12.5 Å². The van der Waals surface area contributed by atoms with Gasteiger partial charge in [0.15, 0.2) is 0 Å². The van der Waals surface area contributed by atoms with Gasteiger partial charge in [0, 0.05) is 6.54 Å². The standard InChI is InChI=1S/C24H43NO/c1-12-25(13-2)14-15-26-21-17-19(23(6,7)8)18(22(3,4)5)16-20(21)24(9,10)11/h16-17H,12-15H2,1-11H3. The van der Waals surface area contributed by atoms with E-state index >= 15 is 0 Å². The summed E-state index contributed by atoms with van der Waals surface area (Å²) in [5, 5.41) is 0. The van der Waals surface area contributed by atoms with Crippen molar-refractivity contribution >= 4 is 0 Å². The van der Waals surface area contributed by atoms with E-state index in [4.69, 9.17) is 4.74 Å². The number of nitrogens with zero attached hydrogens (tertiary/aromatic N) is 1. The van der Waals surface area contributed by atoms with E-state index in [1.807, 2.05) is 0 Å². The van der Waals surface area contributed by atoms with Crippen molar-refractivity contribution in [1.82, 2.24) is 4.90 Å². The average molecular weight is 362 g/mol. The molecule has 0 aromatic heterocycles. The maximum absolute atomic E-state index is 6.36. The number of benzene rings is 1. The second kappa shape index (κ2) is 8.33. The summed E-state index contributed by atoms with van der Waals surface area (Å²) in [5.41, 5.74) is 4.41. The summed E-state index contributed by atoms with van der Waals surface area (Å²) in [6.45, 7) is 28.9. The molecule has 0 saturated carbocycles. The zero-order valence-corrected chi connectivity index (χ0v) is 19.3. The fourth-order valence-corrected chi connectivity index (χ4v) is 3.35. The van der Waals surface area contributed by atoms with Gasteiger partial charge in [0.2, 0.25) is 0 Å². The van der Waals surface area contributed by atoms with E-state index < -0.39 is 0 Å². The molecule has 0 saturated heterocycles. The molecule has 0 aliphatic heterocycles. The Kier molecular flexibility index (Phi) is 7.38. The first kappa shape index (κ1) is 23.0. The van der Waals surface area contributed by atoms with E-state index in [9.17, 15) is 0 Å². The van der Waals surface area contributed by atoms with Crippen LogP contribution in [-0.2, 0) is 16.2 Å². The van der Waals surface area contributed by atoms with Crippen LogP contribution in [0.2, 0.25) is 0 Å². The number of rotatable bonds is 6. The Hall–Kier alpha value is -1.02. The zero-order chi connectivity index (χ0) is 20.3. The first-order valence-electron chi connectivity index (χ1n) is 10.3. The van der Waals surface area contributed by atoms with Crippen LogP contribution < -0.4 is 4.74 Å². The molecule has 26 heavy (non-hydrogen) atoms. The van der Waals surface area contributed by atoms with Gasteiger partial charge >= 0.3 is 0 Å². The third-order valence-corrected chi connectivity index (χ3v) is 5.10. The fourth-order valence-electron chi connectivity index (χ4n) is 3.35. The van der Waals surface area contributed by atoms with Crippen LogP contribution in [0.4, 0.5) is 0 Å². The minimum absolute atomic E-state index is 0.0565. The van der Waals surface area contributed by atoms with Crippen molar-refractivity contribution in [2.45, 2.75) is 92.4 Å². The molecule has 1 aromatic carbocycles. The van der Waals surface area contributed by atoms with Gasteiger partial charge in [0.1, 0.15) is 12.4 Å². The molecule has 0 amide bonds. The Morgan fingerprint density at radius 3 is 1.50 bits per heavy atom. The van der Waals surface area contributed by atoms with E-state index in [2.05, 4.69) is 93.2 Å². The van der Waals surface area contributed by atoms with Gasteiger partial charge in [-0.25, -0.2) is 0 Å². The van der Waals surface area contributed by atoms with Crippen molar-refractivity contribution in [1.29, 1.82) is 0 Å². The van der Waals surface area contributed by atoms with Crippen molar-refractivity contribution in [3.8, 4) is 5.75 Å². The van der Waals surface area contributed by atoms with E-state index in [1.165, 1.54) is 16.7 Å². The Bertz CT molecular complexity index is 578. The van der Waals surface area contributed by atoms with Gasteiger partial charge < -0.3 is 9.64 Å². The Morgan fingerprint density at radius 2 is 1.12 bits per heavy atom. The first-order valence-corrected chi connectivity index (χ1v) is 10.3. The monoisotopic (exact) mass is 361 g/mol. The summed E-state index contributed by atoms with van der Waals surface area (Å²) >= 11 is 0. The van der Waals surface area contributed by atoms with Gasteiger partial charge in [0.05, 0.1) is 0 Å². The molecular formula is C24H43NO. The average Bonchev–Trinajstić information content (AvgIpc) is 2.48. The van der Waals surface area contributed by atoms with E-state index in [-0.39, 0.29) is 16.2 Å². The lowest BCUT2D eigenvalue weighted by molar-refractivity contribution is 0.219. The lowest BCUT2D eigenvalue weighted by atomic mass is 9.72. The molecule has 0 heterocycles. The normalized spacial score (nSPS) is 13.4. The predicted molar refractivity (Wildman–Crippen MR) is 116 cm³/mol. The second-order valence-corrected chi connectivity index (χ2v) is 10.5. The van der Waals surface area contributed by atoms with Gasteiger partial charge in [-0.05, 0) is 52.1 Å². The highest BCUT2D eigenvalue weighted by atomic mass is 16.5. The first-order chi connectivity index (χ1) is 11.7. The van der Waals surface area contributed by atoms with E-state index in [0.717, 1.165) is 32.0 Å². The van der Waals surface area contributed by atoms with Crippen LogP contribution in [-0.4, -0.2) is 31.1 Å². The quantitative estimate of drug-likeness (QED) is 0.589. The van der Waals surface area contributed by atoms with Crippen molar-refractivity contribution < 1.29 is 4.74 Å². The third-order valence-electron chi connectivity index (χ3n) is 5.10. The molecule has 0 fully saturated rings. The van der Waals surface area contributed by atoms with Crippen LogP contribution in [0.15, 0.2) is 12.1 Å². The van der Waals surface area contributed by atoms with Crippen molar-refractivity contribution in [2.24, 2.45) is 0 Å². The van der Waals surface area contributed by atoms with Gasteiger partial charge in [-0.15, -0.1) is 0 Å². The molecular weight excluding hydrogens is 318 g/mol. The van der Waals surface area contributed by atoms with Gasteiger partial charge in [0.25, 0.3) is 0 Å². The minimum atomic E-state index is 0.0565. The smallest absolute Gasteiger partial charge is 0.123 e. The third kappa shape index (κ3) is 6.01. The van der Waals surface area contributed by atoms with Gasteiger partial charge in [-0.3, -0.25) is 0 Å². The van der Waals surface area contributed by atoms with Crippen molar-refractivity contribution in [3.63, 3.8) is 0 Å². The maximum atomic E-state index is 6.36. The Morgan fingerprint density at radius 1 is 0.692 bits per heavy atom. The minimum Gasteiger partial charge on any atom is -0.492 e. The predicted octanol–water partition coefficient (Wildman–Crippen LogP) is 6.30. The second-order valence-electron chi connectivity index (χ2n) is 10.5. The number of hydrogen-bond donors (Lipinski definition) is 0. The Balaban J connectivity index is 3.39. The zero-order valence-electron chi connectivity index (χ0n) is 19.3. The molecule has 0 bridgehead atoms. The summed E-state index contributed by atoms with van der Waals surface area (Å²) in [7, 11) is 0. The maximum Gasteiger partial charge on any atom is 0.123 e. The van der Waals surface area contributed by atoms with Crippen LogP contribution >= 0.6 is 0 Å². The fraction of sp³-hybridized carbons (Fsp3) is 0.750. The molecule has 150 valence electrons. The largest absolute Gasteiger partial charge is 0.492 e. The molecule has 2 heteroatoms. The highest BCUT2D eigenvalue weighted by Gasteiger charge is 2.30. The van der Waals surface area contributed by atoms with Crippen LogP contribution in [0, 0.1) is 0 Å². The van der Waals surface area contributed by atoms with Crippen LogP contribution in [0.25, 0.3) is 0 Å². The summed E-state index contributed by atoms with van der Waals surface area (Å²) in [6.07, 6.45) is 0. The summed E-state index contributed by atoms with van der Waals surface area (Å²) in [4.78, 5) is 2.41. The molecule has 0 N–H and O–H groups in total. The molecule has 1 aromatic rings. The lowest BCUT2D eigenvalue weighted by Gasteiger charge is -2.34. The summed E-state index contributed by atoms with van der Waals surface area (Å²) < 4.78 is 6.36.